The average Bonchev–Trinajstić information content (AvgIpc) is 3.19. The third-order valence-corrected chi connectivity index (χ3v) is 5.23. The lowest BCUT2D eigenvalue weighted by atomic mass is 10.1. The zero-order valence-corrected chi connectivity index (χ0v) is 15.8. The molecule has 2 heterocycles. The summed E-state index contributed by atoms with van der Waals surface area (Å²) in [5, 5.41) is 2.75. The first kappa shape index (κ1) is 18.9. The van der Waals surface area contributed by atoms with E-state index in [1.807, 2.05) is 0 Å². The number of piperazine rings is 1. The third-order valence-electron chi connectivity index (χ3n) is 5.23. The normalized spacial score (nSPS) is 16.7. The Labute approximate surface area is 167 Å². The second-order valence-electron chi connectivity index (χ2n) is 7.02. The topological polar surface area (TPSA) is 73.0 Å². The highest BCUT2D eigenvalue weighted by Crippen LogP contribution is 2.19. The lowest BCUT2D eigenvalue weighted by Gasteiger charge is -2.35. The van der Waals surface area contributed by atoms with Crippen molar-refractivity contribution in [2.24, 2.45) is 0 Å². The number of carbonyl (C=O) groups excluding carboxylic acids is 3. The second kappa shape index (κ2) is 7.90. The van der Waals surface area contributed by atoms with Crippen molar-refractivity contribution in [3.8, 4) is 0 Å². The fourth-order valence-corrected chi connectivity index (χ4v) is 3.57. The van der Waals surface area contributed by atoms with Crippen LogP contribution in [0.4, 0.5) is 14.9 Å². The first-order chi connectivity index (χ1) is 14.0. The lowest BCUT2D eigenvalue weighted by molar-refractivity contribution is 0.0535. The van der Waals surface area contributed by atoms with E-state index in [0.29, 0.717) is 50.4 Å². The van der Waals surface area contributed by atoms with Gasteiger partial charge in [-0.2, -0.15) is 0 Å². The molecule has 2 aromatic carbocycles. The quantitative estimate of drug-likeness (QED) is 0.862. The Bertz CT molecular complexity index is 922. The van der Waals surface area contributed by atoms with Gasteiger partial charge in [0.15, 0.2) is 0 Å². The molecule has 0 radical (unpaired) electrons. The Kier molecular flexibility index (Phi) is 5.16. The molecule has 0 atom stereocenters. The van der Waals surface area contributed by atoms with Crippen LogP contribution >= 0.6 is 0 Å². The lowest BCUT2D eigenvalue weighted by Crippen LogP contribution is -2.50. The molecule has 2 aromatic rings. The number of anilines is 1. The molecule has 0 bridgehead atoms. The van der Waals surface area contributed by atoms with Crippen LogP contribution in [0.5, 0.6) is 0 Å². The van der Waals surface area contributed by atoms with Gasteiger partial charge in [0, 0.05) is 56.1 Å². The molecule has 0 aromatic heterocycles. The van der Waals surface area contributed by atoms with Crippen molar-refractivity contribution < 1.29 is 18.8 Å². The highest BCUT2D eigenvalue weighted by atomic mass is 19.1. The fraction of sp³-hybridized carbons (Fsp3) is 0.286. The average molecular weight is 396 g/mol. The number of nitrogens with zero attached hydrogens (tertiary/aromatic N) is 3. The van der Waals surface area contributed by atoms with Crippen LogP contribution in [-0.2, 0) is 0 Å². The van der Waals surface area contributed by atoms with E-state index in [9.17, 15) is 18.8 Å². The summed E-state index contributed by atoms with van der Waals surface area (Å²) in [6, 6.07) is 12.3. The Morgan fingerprint density at radius 2 is 1.24 bits per heavy atom. The number of urea groups is 1. The van der Waals surface area contributed by atoms with Gasteiger partial charge in [0.25, 0.3) is 11.8 Å². The Hall–Kier alpha value is -3.42. The molecular weight excluding hydrogens is 375 g/mol. The molecule has 29 heavy (non-hydrogen) atoms. The van der Waals surface area contributed by atoms with E-state index in [0.717, 1.165) is 5.69 Å². The number of hydrogen-bond acceptors (Lipinski definition) is 3. The number of carbonyl (C=O) groups is 3. The van der Waals surface area contributed by atoms with Gasteiger partial charge < -0.3 is 15.1 Å². The standard InChI is InChI=1S/C21H21FN4O3/c22-17-5-1-15(2-6-17)19(27)24-11-13-25(14-12-24)20(28)16-3-7-18(8-4-16)26-10-9-23-21(26)29/h1-8H,9-14H2,(H,23,29). The van der Waals surface area contributed by atoms with Gasteiger partial charge in [-0.3, -0.25) is 14.5 Å². The molecule has 2 saturated heterocycles. The second-order valence-corrected chi connectivity index (χ2v) is 7.02. The summed E-state index contributed by atoms with van der Waals surface area (Å²) >= 11 is 0. The van der Waals surface area contributed by atoms with Crippen LogP contribution in [0.1, 0.15) is 20.7 Å². The van der Waals surface area contributed by atoms with Crippen molar-refractivity contribution in [3.05, 3.63) is 65.5 Å². The van der Waals surface area contributed by atoms with Gasteiger partial charge in [0.05, 0.1) is 0 Å². The number of rotatable bonds is 3. The first-order valence-corrected chi connectivity index (χ1v) is 9.52. The van der Waals surface area contributed by atoms with Crippen LogP contribution in [0.2, 0.25) is 0 Å². The molecule has 1 N–H and O–H groups in total. The van der Waals surface area contributed by atoms with Crippen LogP contribution in [0.15, 0.2) is 48.5 Å². The zero-order valence-electron chi connectivity index (χ0n) is 15.8. The van der Waals surface area contributed by atoms with E-state index >= 15 is 0 Å². The van der Waals surface area contributed by atoms with E-state index in [4.69, 9.17) is 0 Å². The van der Waals surface area contributed by atoms with Crippen molar-refractivity contribution in [3.63, 3.8) is 0 Å². The predicted octanol–water partition coefficient (Wildman–Crippen LogP) is 1.95. The van der Waals surface area contributed by atoms with Crippen LogP contribution in [0, 0.1) is 5.82 Å². The fourth-order valence-electron chi connectivity index (χ4n) is 3.57. The number of nitrogens with one attached hydrogen (secondary N) is 1. The number of amides is 4. The minimum Gasteiger partial charge on any atom is -0.336 e. The summed E-state index contributed by atoms with van der Waals surface area (Å²) in [5.41, 5.74) is 1.74. The third kappa shape index (κ3) is 3.91. The summed E-state index contributed by atoms with van der Waals surface area (Å²) in [6.45, 7) is 2.93. The molecular formula is C21H21FN4O3. The SMILES string of the molecule is O=C(c1ccc(F)cc1)N1CCN(C(=O)c2ccc(N3CCNC3=O)cc2)CC1. The summed E-state index contributed by atoms with van der Waals surface area (Å²) < 4.78 is 13.0. The van der Waals surface area contributed by atoms with Crippen LogP contribution in [-0.4, -0.2) is 66.9 Å². The Balaban J connectivity index is 1.35. The molecule has 0 spiro atoms. The molecule has 0 saturated carbocycles. The molecule has 4 rings (SSSR count). The van der Waals surface area contributed by atoms with Gasteiger partial charge in [-0.05, 0) is 48.5 Å². The summed E-state index contributed by atoms with van der Waals surface area (Å²) in [7, 11) is 0. The van der Waals surface area contributed by atoms with Gasteiger partial charge in [-0.1, -0.05) is 0 Å². The number of benzene rings is 2. The van der Waals surface area contributed by atoms with Gasteiger partial charge in [-0.15, -0.1) is 0 Å². The predicted molar refractivity (Wildman–Crippen MR) is 105 cm³/mol. The maximum absolute atomic E-state index is 13.0. The minimum atomic E-state index is -0.381. The maximum atomic E-state index is 13.0. The number of hydrogen-bond donors (Lipinski definition) is 1. The molecule has 2 aliphatic heterocycles. The van der Waals surface area contributed by atoms with E-state index in [-0.39, 0.29) is 23.7 Å². The molecule has 0 unspecified atom stereocenters. The highest BCUT2D eigenvalue weighted by Gasteiger charge is 2.26. The van der Waals surface area contributed by atoms with Crippen LogP contribution in [0.3, 0.4) is 0 Å². The van der Waals surface area contributed by atoms with E-state index in [1.54, 1.807) is 39.0 Å². The minimum absolute atomic E-state index is 0.101. The maximum Gasteiger partial charge on any atom is 0.321 e. The highest BCUT2D eigenvalue weighted by molar-refractivity contribution is 5.97. The van der Waals surface area contributed by atoms with E-state index < -0.39 is 0 Å². The van der Waals surface area contributed by atoms with Gasteiger partial charge in [0.1, 0.15) is 5.82 Å². The summed E-state index contributed by atoms with van der Waals surface area (Å²) in [5.74, 6) is -0.644. The smallest absolute Gasteiger partial charge is 0.321 e. The van der Waals surface area contributed by atoms with Crippen molar-refractivity contribution in [2.75, 3.05) is 44.2 Å². The molecule has 150 valence electrons. The molecule has 4 amide bonds. The first-order valence-electron chi connectivity index (χ1n) is 9.52. The van der Waals surface area contributed by atoms with Crippen molar-refractivity contribution in [1.29, 1.82) is 0 Å². The van der Waals surface area contributed by atoms with Gasteiger partial charge in [-0.25, -0.2) is 9.18 Å². The van der Waals surface area contributed by atoms with E-state index in [1.165, 1.54) is 24.3 Å². The molecule has 0 aliphatic carbocycles. The zero-order chi connectivity index (χ0) is 20.4. The van der Waals surface area contributed by atoms with E-state index in [2.05, 4.69) is 5.32 Å². The van der Waals surface area contributed by atoms with Gasteiger partial charge >= 0.3 is 6.03 Å². The Morgan fingerprint density at radius 1 is 0.759 bits per heavy atom. The molecule has 2 aliphatic rings. The van der Waals surface area contributed by atoms with Gasteiger partial charge in [0.2, 0.25) is 0 Å². The monoisotopic (exact) mass is 396 g/mol. The van der Waals surface area contributed by atoms with Crippen molar-refractivity contribution in [2.45, 2.75) is 0 Å². The van der Waals surface area contributed by atoms with Crippen LogP contribution < -0.4 is 10.2 Å². The molecule has 8 heteroatoms. The molecule has 7 nitrogen and oxygen atoms in total. The van der Waals surface area contributed by atoms with Crippen molar-refractivity contribution >= 4 is 23.5 Å². The van der Waals surface area contributed by atoms with Crippen LogP contribution in [0.25, 0.3) is 0 Å². The largest absolute Gasteiger partial charge is 0.336 e. The summed E-state index contributed by atoms with van der Waals surface area (Å²) in [4.78, 5) is 42.0. The molecule has 2 fully saturated rings. The van der Waals surface area contributed by atoms with Crippen molar-refractivity contribution in [1.82, 2.24) is 15.1 Å². The Morgan fingerprint density at radius 3 is 1.69 bits per heavy atom. The summed E-state index contributed by atoms with van der Waals surface area (Å²) in [6.07, 6.45) is 0. The number of halogens is 1.